The summed E-state index contributed by atoms with van der Waals surface area (Å²) in [6.45, 7) is 2.86. The summed E-state index contributed by atoms with van der Waals surface area (Å²) in [5, 5.41) is 11.4. The molecule has 0 atom stereocenters. The summed E-state index contributed by atoms with van der Waals surface area (Å²) in [5.74, 6) is 0.782. The van der Waals surface area contributed by atoms with Gasteiger partial charge < -0.3 is 24.4 Å². The minimum atomic E-state index is -0.428. The Labute approximate surface area is 174 Å². The highest BCUT2D eigenvalue weighted by Crippen LogP contribution is 2.34. The van der Waals surface area contributed by atoms with E-state index >= 15 is 0 Å². The van der Waals surface area contributed by atoms with Crippen molar-refractivity contribution in [2.45, 2.75) is 19.1 Å². The van der Waals surface area contributed by atoms with Crippen molar-refractivity contribution in [2.24, 2.45) is 0 Å². The van der Waals surface area contributed by atoms with E-state index in [1.807, 2.05) is 24.3 Å². The van der Waals surface area contributed by atoms with Crippen LogP contribution in [0.15, 0.2) is 36.4 Å². The van der Waals surface area contributed by atoms with Crippen molar-refractivity contribution in [3.63, 3.8) is 0 Å². The average molecular weight is 408 g/mol. The number of methoxy groups -OCH3 is 1. The summed E-state index contributed by atoms with van der Waals surface area (Å²) in [7, 11) is 1.73. The van der Waals surface area contributed by atoms with Gasteiger partial charge in [-0.1, -0.05) is 0 Å². The number of alkyl carbamates (subject to hydrolysis) is 1. The van der Waals surface area contributed by atoms with E-state index in [1.54, 1.807) is 7.11 Å². The van der Waals surface area contributed by atoms with Gasteiger partial charge in [0.05, 0.1) is 18.2 Å². The van der Waals surface area contributed by atoms with E-state index < -0.39 is 6.09 Å². The van der Waals surface area contributed by atoms with Gasteiger partial charge >= 0.3 is 6.09 Å². The molecule has 5 rings (SSSR count). The van der Waals surface area contributed by atoms with E-state index in [-0.39, 0.29) is 12.7 Å². The van der Waals surface area contributed by atoms with E-state index in [0.717, 1.165) is 52.3 Å². The molecule has 2 aliphatic rings. The first kappa shape index (κ1) is 18.7. The number of anilines is 1. The van der Waals surface area contributed by atoms with E-state index in [9.17, 15) is 4.79 Å². The Kier molecular flexibility index (Phi) is 4.92. The standard InChI is InChI=1S/C22H24N4O4/c1-28-18-11-26(12-18)16-8-14-7-15(9-16)21-19-10-17(3-4-20(19)24-25-21)29-6-2-5-23-22(27)30-13-14/h3-4,7-10,18H,2,5-6,11-13H2,1H3,(H,23,27)(H,24,25). The van der Waals surface area contributed by atoms with Gasteiger partial charge in [-0.15, -0.1) is 0 Å². The normalized spacial score (nSPS) is 17.5. The molecule has 2 aliphatic heterocycles. The monoisotopic (exact) mass is 408 g/mol. The van der Waals surface area contributed by atoms with Crippen LogP contribution in [0.25, 0.3) is 22.2 Å². The zero-order valence-electron chi connectivity index (χ0n) is 16.8. The molecular formula is C22H24N4O4. The van der Waals surface area contributed by atoms with Crippen LogP contribution in [-0.4, -0.2) is 55.7 Å². The number of aromatic nitrogens is 2. The zero-order chi connectivity index (χ0) is 20.5. The highest BCUT2D eigenvalue weighted by atomic mass is 16.5. The topological polar surface area (TPSA) is 88.7 Å². The van der Waals surface area contributed by atoms with Gasteiger partial charge in [-0.3, -0.25) is 5.10 Å². The zero-order valence-corrected chi connectivity index (χ0v) is 16.8. The smallest absolute Gasteiger partial charge is 0.407 e. The summed E-state index contributed by atoms with van der Waals surface area (Å²) < 4.78 is 16.7. The predicted molar refractivity (Wildman–Crippen MR) is 113 cm³/mol. The number of aromatic amines is 1. The third-order valence-electron chi connectivity index (χ3n) is 5.56. The van der Waals surface area contributed by atoms with Crippen molar-refractivity contribution in [1.82, 2.24) is 15.5 Å². The van der Waals surface area contributed by atoms with Crippen LogP contribution in [0.1, 0.15) is 12.0 Å². The van der Waals surface area contributed by atoms with Gasteiger partial charge in [-0.05, 0) is 48.4 Å². The first-order chi connectivity index (χ1) is 14.7. The van der Waals surface area contributed by atoms with Gasteiger partial charge in [-0.2, -0.15) is 5.10 Å². The Morgan fingerprint density at radius 2 is 2.07 bits per heavy atom. The molecule has 0 saturated carbocycles. The second-order valence-electron chi connectivity index (χ2n) is 7.64. The lowest BCUT2D eigenvalue weighted by Gasteiger charge is -2.40. The van der Waals surface area contributed by atoms with Gasteiger partial charge in [0.1, 0.15) is 18.1 Å². The van der Waals surface area contributed by atoms with E-state index in [1.165, 1.54) is 0 Å². The Hall–Kier alpha value is -3.26. The maximum atomic E-state index is 12.0. The molecule has 0 radical (unpaired) electrons. The number of carbonyl (C=O) groups is 1. The molecular weight excluding hydrogens is 384 g/mol. The molecule has 0 aliphatic carbocycles. The fourth-order valence-electron chi connectivity index (χ4n) is 3.83. The molecule has 1 saturated heterocycles. The lowest BCUT2D eigenvalue weighted by Crippen LogP contribution is -2.51. The molecule has 2 aromatic carbocycles. The Morgan fingerprint density at radius 1 is 1.17 bits per heavy atom. The Morgan fingerprint density at radius 3 is 2.93 bits per heavy atom. The number of amides is 1. The summed E-state index contributed by atoms with van der Waals surface area (Å²) in [5.41, 5.74) is 4.74. The summed E-state index contributed by atoms with van der Waals surface area (Å²) >= 11 is 0. The number of hydrogen-bond donors (Lipinski definition) is 2. The number of benzene rings is 2. The van der Waals surface area contributed by atoms with Crippen LogP contribution < -0.4 is 15.0 Å². The van der Waals surface area contributed by atoms with E-state index in [0.29, 0.717) is 19.6 Å². The molecule has 8 heteroatoms. The lowest BCUT2D eigenvalue weighted by atomic mass is 10.0. The molecule has 0 spiro atoms. The molecule has 1 fully saturated rings. The quantitative estimate of drug-likeness (QED) is 0.678. The van der Waals surface area contributed by atoms with Crippen LogP contribution >= 0.6 is 0 Å². The molecule has 3 heterocycles. The van der Waals surface area contributed by atoms with E-state index in [2.05, 4.69) is 32.5 Å². The van der Waals surface area contributed by atoms with Gasteiger partial charge in [0.15, 0.2) is 0 Å². The predicted octanol–water partition coefficient (Wildman–Crippen LogP) is 3.07. The van der Waals surface area contributed by atoms with Crippen LogP contribution in [0.3, 0.4) is 0 Å². The first-order valence-electron chi connectivity index (χ1n) is 10.1. The van der Waals surface area contributed by atoms with Crippen molar-refractivity contribution in [3.8, 4) is 17.0 Å². The van der Waals surface area contributed by atoms with E-state index in [4.69, 9.17) is 14.2 Å². The van der Waals surface area contributed by atoms with Crippen LogP contribution in [0.4, 0.5) is 10.5 Å². The van der Waals surface area contributed by atoms with Crippen molar-refractivity contribution >= 4 is 22.7 Å². The molecule has 4 bridgehead atoms. The fourth-order valence-corrected chi connectivity index (χ4v) is 3.83. The minimum Gasteiger partial charge on any atom is -0.494 e. The van der Waals surface area contributed by atoms with Crippen molar-refractivity contribution in [3.05, 3.63) is 42.0 Å². The van der Waals surface area contributed by atoms with Gasteiger partial charge in [-0.25, -0.2) is 4.79 Å². The molecule has 1 aromatic heterocycles. The number of cyclic esters (lactones) is 1. The number of hydrogen-bond acceptors (Lipinski definition) is 6. The maximum absolute atomic E-state index is 12.0. The second-order valence-corrected chi connectivity index (χ2v) is 7.64. The molecule has 156 valence electrons. The molecule has 2 N–H and O–H groups in total. The van der Waals surface area contributed by atoms with Crippen molar-refractivity contribution < 1.29 is 19.0 Å². The number of rotatable bonds is 2. The number of ether oxygens (including phenoxy) is 3. The number of H-pyrrole nitrogens is 1. The Bertz CT molecular complexity index is 1070. The first-order valence-corrected chi connectivity index (χ1v) is 10.1. The molecule has 8 nitrogen and oxygen atoms in total. The van der Waals surface area contributed by atoms with Gasteiger partial charge in [0, 0.05) is 43.4 Å². The number of nitrogens with one attached hydrogen (secondary N) is 2. The lowest BCUT2D eigenvalue weighted by molar-refractivity contribution is 0.0787. The summed E-state index contributed by atoms with van der Waals surface area (Å²) in [4.78, 5) is 14.3. The minimum absolute atomic E-state index is 0.193. The highest BCUT2D eigenvalue weighted by Gasteiger charge is 2.27. The second kappa shape index (κ2) is 7.87. The van der Waals surface area contributed by atoms with Crippen LogP contribution in [0, 0.1) is 0 Å². The molecule has 1 amide bonds. The SMILES string of the molecule is COC1CN(c2cc3cc(c2)-c2n[nH]c4ccc(cc24)OCCCNC(=O)OC3)C1. The summed E-state index contributed by atoms with van der Waals surface area (Å²) in [6, 6.07) is 12.1. The number of nitrogens with zero attached hydrogens (tertiary/aromatic N) is 2. The van der Waals surface area contributed by atoms with Gasteiger partial charge in [0.2, 0.25) is 0 Å². The Balaban J connectivity index is 1.57. The highest BCUT2D eigenvalue weighted by molar-refractivity contribution is 5.94. The van der Waals surface area contributed by atoms with Gasteiger partial charge in [0.25, 0.3) is 0 Å². The molecule has 3 aromatic rings. The number of carbonyl (C=O) groups excluding carboxylic acids is 1. The number of fused-ring (bicyclic) bond motifs is 4. The maximum Gasteiger partial charge on any atom is 0.407 e. The van der Waals surface area contributed by atoms with Crippen molar-refractivity contribution in [2.75, 3.05) is 38.3 Å². The van der Waals surface area contributed by atoms with Crippen molar-refractivity contribution in [1.29, 1.82) is 0 Å². The third-order valence-corrected chi connectivity index (χ3v) is 5.56. The van der Waals surface area contributed by atoms with Crippen LogP contribution in [0.5, 0.6) is 5.75 Å². The fraction of sp³-hybridized carbons (Fsp3) is 0.364. The largest absolute Gasteiger partial charge is 0.494 e. The summed E-state index contributed by atoms with van der Waals surface area (Å²) in [6.07, 6.45) is 0.508. The van der Waals surface area contributed by atoms with Crippen LogP contribution in [-0.2, 0) is 16.1 Å². The molecule has 0 unspecified atom stereocenters. The average Bonchev–Trinajstić information content (AvgIpc) is 3.14. The molecule has 30 heavy (non-hydrogen) atoms. The van der Waals surface area contributed by atoms with Crippen LogP contribution in [0.2, 0.25) is 0 Å². The third kappa shape index (κ3) is 3.66.